The van der Waals surface area contributed by atoms with E-state index in [1.807, 2.05) is 6.07 Å². The molecule has 0 atom stereocenters. The van der Waals surface area contributed by atoms with Gasteiger partial charge in [-0.05, 0) is 18.6 Å². The summed E-state index contributed by atoms with van der Waals surface area (Å²) in [7, 11) is 0. The normalized spacial score (nSPS) is 14.5. The van der Waals surface area contributed by atoms with Crippen molar-refractivity contribution in [3.63, 3.8) is 0 Å². The Morgan fingerprint density at radius 3 is 3.10 bits per heavy atom. The number of rotatable bonds is 0. The molecule has 10 heavy (non-hydrogen) atoms. The maximum Gasteiger partial charge on any atom is 0.128 e. The third-order valence-corrected chi connectivity index (χ3v) is 1.74. The number of halogens is 1. The fourth-order valence-corrected chi connectivity index (χ4v) is 1.23. The van der Waals surface area contributed by atoms with Crippen molar-refractivity contribution in [1.29, 1.82) is 0 Å². The van der Waals surface area contributed by atoms with Gasteiger partial charge in [-0.2, -0.15) is 0 Å². The van der Waals surface area contributed by atoms with Crippen LogP contribution in [0.5, 0.6) is 0 Å². The second-order valence-corrected chi connectivity index (χ2v) is 2.37. The molecule has 51 valence electrons. The summed E-state index contributed by atoms with van der Waals surface area (Å²) >= 11 is 0. The molecule has 0 unspecified atom stereocenters. The second kappa shape index (κ2) is 1.97. The molecule has 1 radical (unpaired) electrons. The Kier molecular flexibility index (Phi) is 1.13. The van der Waals surface area contributed by atoms with E-state index >= 15 is 0 Å². The molecule has 1 aliphatic rings. The van der Waals surface area contributed by atoms with Crippen molar-refractivity contribution in [2.24, 2.45) is 0 Å². The summed E-state index contributed by atoms with van der Waals surface area (Å²) in [6.45, 7) is 0.746. The summed E-state index contributed by atoms with van der Waals surface area (Å²) < 4.78 is 12.8. The zero-order valence-electron chi connectivity index (χ0n) is 5.47. The Morgan fingerprint density at radius 1 is 1.40 bits per heavy atom. The van der Waals surface area contributed by atoms with Gasteiger partial charge in [-0.3, -0.25) is 5.32 Å². The topological polar surface area (TPSA) is 14.1 Å². The van der Waals surface area contributed by atoms with Gasteiger partial charge in [0.2, 0.25) is 0 Å². The molecule has 1 aromatic rings. The van der Waals surface area contributed by atoms with Crippen LogP contribution in [-0.4, -0.2) is 6.54 Å². The van der Waals surface area contributed by atoms with Crippen LogP contribution >= 0.6 is 0 Å². The van der Waals surface area contributed by atoms with Crippen LogP contribution in [0.1, 0.15) is 5.56 Å². The van der Waals surface area contributed by atoms with Crippen LogP contribution in [0.4, 0.5) is 10.1 Å². The van der Waals surface area contributed by atoms with Gasteiger partial charge in [0.15, 0.2) is 0 Å². The van der Waals surface area contributed by atoms with Crippen molar-refractivity contribution < 1.29 is 4.39 Å². The molecule has 0 N–H and O–H groups in total. The molecule has 0 amide bonds. The van der Waals surface area contributed by atoms with Crippen molar-refractivity contribution in [2.45, 2.75) is 6.42 Å². The molecule has 0 aromatic heterocycles. The SMILES string of the molecule is Fc1cccc2c1CC[N]2. The van der Waals surface area contributed by atoms with Crippen LogP contribution in [0, 0.1) is 5.82 Å². The monoisotopic (exact) mass is 136 g/mol. The summed E-state index contributed by atoms with van der Waals surface area (Å²) in [6.07, 6.45) is 0.766. The van der Waals surface area contributed by atoms with Gasteiger partial charge >= 0.3 is 0 Å². The third kappa shape index (κ3) is 0.685. The minimum absolute atomic E-state index is 0.112. The molecule has 1 heterocycles. The van der Waals surface area contributed by atoms with Crippen molar-refractivity contribution >= 4 is 5.69 Å². The summed E-state index contributed by atoms with van der Waals surface area (Å²) in [6, 6.07) is 5.04. The molecule has 1 aromatic carbocycles. The highest BCUT2D eigenvalue weighted by Gasteiger charge is 2.14. The summed E-state index contributed by atoms with van der Waals surface area (Å²) in [5.41, 5.74) is 1.61. The molecule has 0 spiro atoms. The highest BCUT2D eigenvalue weighted by Crippen LogP contribution is 2.23. The molecule has 1 aliphatic heterocycles. The predicted molar refractivity (Wildman–Crippen MR) is 36.8 cm³/mol. The average Bonchev–Trinajstić information content (AvgIpc) is 2.36. The van der Waals surface area contributed by atoms with E-state index in [1.165, 1.54) is 6.07 Å². The standard InChI is InChI=1S/C8H7FN/c9-7-2-1-3-8-6(7)4-5-10-8/h1-3H,4-5H2. The van der Waals surface area contributed by atoms with Crippen molar-refractivity contribution in [1.82, 2.24) is 5.32 Å². The molecule has 0 saturated carbocycles. The molecule has 2 rings (SSSR count). The fourth-order valence-electron chi connectivity index (χ4n) is 1.23. The van der Waals surface area contributed by atoms with E-state index in [1.54, 1.807) is 6.07 Å². The maximum atomic E-state index is 12.8. The molecule has 1 nitrogen and oxygen atoms in total. The van der Waals surface area contributed by atoms with Gasteiger partial charge in [0.25, 0.3) is 0 Å². The van der Waals surface area contributed by atoms with Gasteiger partial charge in [-0.1, -0.05) is 6.07 Å². The number of nitrogens with zero attached hydrogens (tertiary/aromatic N) is 1. The lowest BCUT2D eigenvalue weighted by atomic mass is 10.1. The number of benzene rings is 1. The highest BCUT2D eigenvalue weighted by atomic mass is 19.1. The third-order valence-electron chi connectivity index (χ3n) is 1.74. The van der Waals surface area contributed by atoms with Gasteiger partial charge < -0.3 is 0 Å². The lowest BCUT2D eigenvalue weighted by molar-refractivity contribution is 0.615. The Morgan fingerprint density at radius 2 is 2.30 bits per heavy atom. The van der Waals surface area contributed by atoms with Gasteiger partial charge in [0, 0.05) is 12.1 Å². The summed E-state index contributed by atoms with van der Waals surface area (Å²) in [5, 5.41) is 4.12. The van der Waals surface area contributed by atoms with E-state index in [0.717, 1.165) is 24.2 Å². The zero-order chi connectivity index (χ0) is 6.97. The highest BCUT2D eigenvalue weighted by molar-refractivity contribution is 5.48. The average molecular weight is 136 g/mol. The fraction of sp³-hybridized carbons (Fsp3) is 0.250. The van der Waals surface area contributed by atoms with Gasteiger partial charge in [0.05, 0.1) is 5.69 Å². The quantitative estimate of drug-likeness (QED) is 0.514. The van der Waals surface area contributed by atoms with Crippen LogP contribution in [-0.2, 0) is 6.42 Å². The molecular weight excluding hydrogens is 129 g/mol. The van der Waals surface area contributed by atoms with E-state index in [4.69, 9.17) is 0 Å². The lowest BCUT2D eigenvalue weighted by Crippen LogP contribution is -1.88. The summed E-state index contributed by atoms with van der Waals surface area (Å²) in [5.74, 6) is -0.112. The molecule has 0 bridgehead atoms. The zero-order valence-corrected chi connectivity index (χ0v) is 5.47. The van der Waals surface area contributed by atoms with E-state index in [0.29, 0.717) is 0 Å². The van der Waals surface area contributed by atoms with Crippen LogP contribution < -0.4 is 5.32 Å². The molecular formula is C8H7FN. The van der Waals surface area contributed by atoms with E-state index in [-0.39, 0.29) is 5.82 Å². The first-order valence-corrected chi connectivity index (χ1v) is 3.33. The van der Waals surface area contributed by atoms with Crippen LogP contribution in [0.25, 0.3) is 0 Å². The van der Waals surface area contributed by atoms with Crippen molar-refractivity contribution in [3.05, 3.63) is 29.6 Å². The number of fused-ring (bicyclic) bond motifs is 1. The largest absolute Gasteiger partial charge is 0.285 e. The first-order valence-electron chi connectivity index (χ1n) is 3.33. The second-order valence-electron chi connectivity index (χ2n) is 2.37. The summed E-state index contributed by atoms with van der Waals surface area (Å²) in [4.78, 5) is 0. The van der Waals surface area contributed by atoms with Gasteiger partial charge in [-0.25, -0.2) is 4.39 Å². The Bertz CT molecular complexity index is 257. The molecule has 0 aliphatic carbocycles. The van der Waals surface area contributed by atoms with Gasteiger partial charge in [0.1, 0.15) is 5.82 Å². The first kappa shape index (κ1) is 5.71. The Balaban J connectivity index is 2.59. The predicted octanol–water partition coefficient (Wildman–Crippen LogP) is 1.62. The smallest absolute Gasteiger partial charge is 0.128 e. The lowest BCUT2D eigenvalue weighted by Gasteiger charge is -1.95. The van der Waals surface area contributed by atoms with E-state index in [2.05, 4.69) is 5.32 Å². The number of hydrogen-bond donors (Lipinski definition) is 0. The number of hydrogen-bond acceptors (Lipinski definition) is 0. The van der Waals surface area contributed by atoms with Crippen LogP contribution in [0.15, 0.2) is 18.2 Å². The Hall–Kier alpha value is -1.05. The maximum absolute atomic E-state index is 12.8. The van der Waals surface area contributed by atoms with E-state index < -0.39 is 0 Å². The van der Waals surface area contributed by atoms with Crippen LogP contribution in [0.3, 0.4) is 0 Å². The Labute approximate surface area is 58.9 Å². The molecule has 2 heteroatoms. The van der Waals surface area contributed by atoms with Crippen LogP contribution in [0.2, 0.25) is 0 Å². The van der Waals surface area contributed by atoms with Gasteiger partial charge in [-0.15, -0.1) is 0 Å². The van der Waals surface area contributed by atoms with Crippen molar-refractivity contribution in [2.75, 3.05) is 6.54 Å². The minimum Gasteiger partial charge on any atom is -0.285 e. The molecule has 0 fully saturated rings. The van der Waals surface area contributed by atoms with E-state index in [9.17, 15) is 4.39 Å². The minimum atomic E-state index is -0.112. The van der Waals surface area contributed by atoms with Crippen molar-refractivity contribution in [3.8, 4) is 0 Å². The molecule has 0 saturated heterocycles. The first-order chi connectivity index (χ1) is 4.88.